The zero-order valence-electron chi connectivity index (χ0n) is 15.2. The van der Waals surface area contributed by atoms with Gasteiger partial charge in [0.2, 0.25) is 0 Å². The normalized spacial score (nSPS) is 10.2. The number of hydrogen-bond acceptors (Lipinski definition) is 6. The lowest BCUT2D eigenvalue weighted by atomic mass is 10.1. The number of rotatable bonds is 2. The standard InChI is InChI=1S/C11H7N5O4.C8H10/c17-9-7-8(14-5-13-7)15-11(19)16(9)20-10(18)6-2-1-3-12-4-6;1-7-5-3-4-6-8(7)2/h1-5H,(H,13,14)(H,15,19);3-6H,1-2H3. The minimum absolute atomic E-state index is 0.0311. The van der Waals surface area contributed by atoms with Crippen molar-refractivity contribution >= 4 is 17.1 Å². The van der Waals surface area contributed by atoms with Gasteiger partial charge >= 0.3 is 17.2 Å². The summed E-state index contributed by atoms with van der Waals surface area (Å²) < 4.78 is 0.329. The molecule has 0 aliphatic heterocycles. The first-order valence-electron chi connectivity index (χ1n) is 8.30. The Kier molecular flexibility index (Phi) is 5.45. The van der Waals surface area contributed by atoms with Crippen molar-refractivity contribution in [2.24, 2.45) is 0 Å². The fourth-order valence-electron chi connectivity index (χ4n) is 2.26. The summed E-state index contributed by atoms with van der Waals surface area (Å²) >= 11 is 0. The van der Waals surface area contributed by atoms with Crippen LogP contribution < -0.4 is 16.1 Å². The van der Waals surface area contributed by atoms with E-state index in [4.69, 9.17) is 4.84 Å². The Labute approximate surface area is 158 Å². The van der Waals surface area contributed by atoms with Crippen molar-refractivity contribution in [3.8, 4) is 0 Å². The lowest BCUT2D eigenvalue weighted by Gasteiger charge is -2.04. The third kappa shape index (κ3) is 4.04. The van der Waals surface area contributed by atoms with Gasteiger partial charge in [0.25, 0.3) is 0 Å². The number of nitrogens with one attached hydrogen (secondary N) is 2. The molecule has 3 heterocycles. The molecular weight excluding hydrogens is 362 g/mol. The number of fused-ring (bicyclic) bond motifs is 1. The molecule has 0 amide bonds. The van der Waals surface area contributed by atoms with Gasteiger partial charge in [0.1, 0.15) is 0 Å². The summed E-state index contributed by atoms with van der Waals surface area (Å²) in [4.78, 5) is 52.5. The van der Waals surface area contributed by atoms with Gasteiger partial charge in [0.15, 0.2) is 11.2 Å². The highest BCUT2D eigenvalue weighted by molar-refractivity contribution is 5.89. The third-order valence-corrected chi connectivity index (χ3v) is 3.94. The Morgan fingerprint density at radius 1 is 1.07 bits per heavy atom. The van der Waals surface area contributed by atoms with E-state index in [1.54, 1.807) is 0 Å². The van der Waals surface area contributed by atoms with Crippen LogP contribution in [0.25, 0.3) is 11.2 Å². The average Bonchev–Trinajstić information content (AvgIpc) is 3.17. The second kappa shape index (κ2) is 8.12. The van der Waals surface area contributed by atoms with Gasteiger partial charge in [0, 0.05) is 12.4 Å². The molecule has 142 valence electrons. The largest absolute Gasteiger partial charge is 0.365 e. The SMILES string of the molecule is Cc1ccccc1C.O=C(On1c(=O)[nH]c2nc[nH]c2c1=O)c1cccnc1. The van der Waals surface area contributed by atoms with Gasteiger partial charge in [-0.2, -0.15) is 0 Å². The molecule has 3 aromatic heterocycles. The van der Waals surface area contributed by atoms with Crippen LogP contribution in [0.2, 0.25) is 0 Å². The molecule has 28 heavy (non-hydrogen) atoms. The van der Waals surface area contributed by atoms with Crippen molar-refractivity contribution in [2.45, 2.75) is 13.8 Å². The number of aryl methyl sites for hydroxylation is 2. The van der Waals surface area contributed by atoms with E-state index in [9.17, 15) is 14.4 Å². The molecule has 0 fully saturated rings. The molecule has 0 saturated carbocycles. The predicted molar refractivity (Wildman–Crippen MR) is 102 cm³/mol. The van der Waals surface area contributed by atoms with Gasteiger partial charge in [-0.25, -0.2) is 14.6 Å². The van der Waals surface area contributed by atoms with E-state index in [2.05, 4.69) is 58.0 Å². The van der Waals surface area contributed by atoms with Crippen LogP contribution in [0.3, 0.4) is 0 Å². The van der Waals surface area contributed by atoms with E-state index in [1.165, 1.54) is 42.0 Å². The maximum atomic E-state index is 12.0. The van der Waals surface area contributed by atoms with Gasteiger partial charge in [-0.15, -0.1) is 0 Å². The van der Waals surface area contributed by atoms with Crippen LogP contribution in [0.4, 0.5) is 0 Å². The van der Waals surface area contributed by atoms with Gasteiger partial charge in [-0.3, -0.25) is 14.8 Å². The van der Waals surface area contributed by atoms with Crippen molar-refractivity contribution < 1.29 is 9.63 Å². The summed E-state index contributed by atoms with van der Waals surface area (Å²) in [6.45, 7) is 4.24. The molecule has 4 aromatic rings. The van der Waals surface area contributed by atoms with E-state index in [0.717, 1.165) is 0 Å². The van der Waals surface area contributed by atoms with Crippen molar-refractivity contribution in [1.29, 1.82) is 0 Å². The molecule has 0 unspecified atom stereocenters. The number of carbonyl (C=O) groups excluding carboxylic acids is 1. The molecule has 9 heteroatoms. The first kappa shape index (κ1) is 18.8. The molecule has 0 radical (unpaired) electrons. The van der Waals surface area contributed by atoms with E-state index < -0.39 is 17.2 Å². The second-order valence-corrected chi connectivity index (χ2v) is 5.86. The molecule has 0 spiro atoms. The third-order valence-electron chi connectivity index (χ3n) is 3.94. The van der Waals surface area contributed by atoms with E-state index in [-0.39, 0.29) is 16.7 Å². The first-order chi connectivity index (χ1) is 13.5. The number of benzene rings is 1. The maximum Gasteiger partial charge on any atom is 0.365 e. The highest BCUT2D eigenvalue weighted by atomic mass is 16.7. The number of aromatic amines is 2. The Morgan fingerprint density at radius 2 is 1.79 bits per heavy atom. The number of pyridine rings is 1. The summed E-state index contributed by atoms with van der Waals surface area (Å²) in [7, 11) is 0. The summed E-state index contributed by atoms with van der Waals surface area (Å²) in [5.41, 5.74) is 1.27. The van der Waals surface area contributed by atoms with Crippen LogP contribution in [0.1, 0.15) is 21.5 Å². The highest BCUT2D eigenvalue weighted by Crippen LogP contribution is 2.02. The lowest BCUT2D eigenvalue weighted by molar-refractivity contribution is 0.0421. The zero-order valence-corrected chi connectivity index (χ0v) is 15.2. The molecule has 4 rings (SSSR count). The predicted octanol–water partition coefficient (Wildman–Crippen LogP) is 1.38. The molecule has 0 atom stereocenters. The number of hydrogen-bond donors (Lipinski definition) is 2. The monoisotopic (exact) mass is 379 g/mol. The fraction of sp³-hybridized carbons (Fsp3) is 0.105. The van der Waals surface area contributed by atoms with Gasteiger partial charge in [-0.1, -0.05) is 29.0 Å². The number of imidazole rings is 1. The van der Waals surface area contributed by atoms with Gasteiger partial charge in [0.05, 0.1) is 11.9 Å². The lowest BCUT2D eigenvalue weighted by Crippen LogP contribution is -2.42. The second-order valence-electron chi connectivity index (χ2n) is 5.86. The quantitative estimate of drug-likeness (QED) is 0.542. The van der Waals surface area contributed by atoms with Gasteiger partial charge < -0.3 is 9.82 Å². The van der Waals surface area contributed by atoms with E-state index >= 15 is 0 Å². The van der Waals surface area contributed by atoms with E-state index in [1.807, 2.05) is 0 Å². The van der Waals surface area contributed by atoms with Crippen LogP contribution in [0.15, 0.2) is 64.7 Å². The minimum atomic E-state index is -0.896. The summed E-state index contributed by atoms with van der Waals surface area (Å²) in [5.74, 6) is -0.871. The van der Waals surface area contributed by atoms with Crippen molar-refractivity contribution in [3.63, 3.8) is 0 Å². The molecule has 0 aliphatic rings. The Hall–Kier alpha value is -4.01. The number of H-pyrrole nitrogens is 2. The topological polar surface area (TPSA) is 123 Å². The molecule has 2 N–H and O–H groups in total. The average molecular weight is 379 g/mol. The molecule has 0 saturated heterocycles. The molecular formula is C19H17N5O4. The van der Waals surface area contributed by atoms with Crippen LogP contribution in [-0.2, 0) is 0 Å². The van der Waals surface area contributed by atoms with Gasteiger partial charge in [-0.05, 0) is 37.1 Å². The van der Waals surface area contributed by atoms with Crippen LogP contribution in [0, 0.1) is 13.8 Å². The maximum absolute atomic E-state index is 12.0. The Balaban J connectivity index is 0.000000236. The Bertz CT molecular complexity index is 1200. The number of aromatic nitrogens is 5. The smallest absolute Gasteiger partial charge is 0.339 e. The van der Waals surface area contributed by atoms with Crippen molar-refractivity contribution in [3.05, 3.63) is 92.6 Å². The van der Waals surface area contributed by atoms with Crippen LogP contribution in [0.5, 0.6) is 0 Å². The van der Waals surface area contributed by atoms with Crippen LogP contribution >= 0.6 is 0 Å². The molecule has 9 nitrogen and oxygen atoms in total. The molecule has 0 aliphatic carbocycles. The van der Waals surface area contributed by atoms with Crippen molar-refractivity contribution in [1.82, 2.24) is 24.7 Å². The number of nitrogens with zero attached hydrogens (tertiary/aromatic N) is 3. The molecule has 1 aromatic carbocycles. The van der Waals surface area contributed by atoms with E-state index in [0.29, 0.717) is 4.73 Å². The first-order valence-corrected chi connectivity index (χ1v) is 8.30. The molecule has 0 bridgehead atoms. The van der Waals surface area contributed by atoms with Crippen molar-refractivity contribution in [2.75, 3.05) is 0 Å². The van der Waals surface area contributed by atoms with Crippen LogP contribution in [-0.4, -0.2) is 30.6 Å². The summed E-state index contributed by atoms with van der Waals surface area (Å²) in [5, 5.41) is 0. The summed E-state index contributed by atoms with van der Waals surface area (Å²) in [6, 6.07) is 11.3. The Morgan fingerprint density at radius 3 is 2.39 bits per heavy atom. The number of carbonyl (C=O) groups is 1. The fourth-order valence-corrected chi connectivity index (χ4v) is 2.26. The minimum Gasteiger partial charge on any atom is -0.339 e. The zero-order chi connectivity index (χ0) is 20.1. The summed E-state index contributed by atoms with van der Waals surface area (Å²) in [6.07, 6.45) is 3.98. The highest BCUT2D eigenvalue weighted by Gasteiger charge is 2.15.